The zero-order valence-corrected chi connectivity index (χ0v) is 56.7. The summed E-state index contributed by atoms with van der Waals surface area (Å²) >= 11 is 0. The third-order valence-electron chi connectivity index (χ3n) is 21.2. The van der Waals surface area contributed by atoms with Gasteiger partial charge in [0.25, 0.3) is 0 Å². The molecule has 30 heteroatoms. The van der Waals surface area contributed by atoms with E-state index >= 15 is 0 Å². The van der Waals surface area contributed by atoms with Gasteiger partial charge in [-0.05, 0) is 129 Å². The van der Waals surface area contributed by atoms with Gasteiger partial charge in [0.05, 0.1) is 30.1 Å². The largest absolute Gasteiger partial charge is 0.685 e. The average Bonchev–Trinajstić information content (AvgIpc) is 1.53. The van der Waals surface area contributed by atoms with E-state index < -0.39 is 161 Å². The molecule has 28 nitrogen and oxygen atoms in total. The van der Waals surface area contributed by atoms with Crippen molar-refractivity contribution in [2.24, 2.45) is 79.7 Å². The topological polar surface area (TPSA) is 491 Å². The number of nitrogens with two attached hydrogens (primary N) is 6. The van der Waals surface area contributed by atoms with Gasteiger partial charge in [-0.25, -0.2) is 9.55 Å². The summed E-state index contributed by atoms with van der Waals surface area (Å²) in [6, 6.07) is 0.417. The number of nitrogens with one attached hydrogen (secondary N) is 1. The van der Waals surface area contributed by atoms with Crippen LogP contribution in [0, 0.1) is 71.0 Å². The average molecular weight is 1360 g/mol. The van der Waals surface area contributed by atoms with Crippen LogP contribution in [0.25, 0.3) is 32.3 Å². The second kappa shape index (κ2) is 28.9. The summed E-state index contributed by atoms with van der Waals surface area (Å²) in [5.74, 6) is -6.86. The van der Waals surface area contributed by atoms with E-state index in [1.165, 1.54) is 13.3 Å². The van der Waals surface area contributed by atoms with Crippen LogP contribution in [0.2, 0.25) is 0 Å². The molecule has 0 saturated carbocycles. The Hall–Kier alpha value is -6.45. The molecule has 18 atom stereocenters. The number of aryl methyl sites for hydroxylation is 2. The number of hydrogen-bond acceptors (Lipinski definition) is 14. The number of fused-ring (bicyclic) bond motifs is 10. The van der Waals surface area contributed by atoms with Crippen molar-refractivity contribution < 1.29 is 88.4 Å². The summed E-state index contributed by atoms with van der Waals surface area (Å²) in [7, 11) is -5.06. The summed E-state index contributed by atoms with van der Waals surface area (Å²) in [5.41, 5.74) is 36.2. The van der Waals surface area contributed by atoms with Crippen LogP contribution in [0.1, 0.15) is 150 Å². The minimum absolute atomic E-state index is 0. The predicted molar refractivity (Wildman–Crippen MR) is 336 cm³/mol. The molecule has 6 aliphatic heterocycles. The zero-order valence-electron chi connectivity index (χ0n) is 54.7. The number of phosphoric ester groups is 1. The first-order valence-corrected chi connectivity index (χ1v) is 32.6. The molecule has 5 saturated heterocycles. The van der Waals surface area contributed by atoms with Crippen LogP contribution in [0.5, 0.6) is 0 Å². The first-order valence-electron chi connectivity index (χ1n) is 31.1. The first-order chi connectivity index (χ1) is 42.8. The number of aliphatic hydroxyl groups is 2. The van der Waals surface area contributed by atoms with E-state index in [1.54, 1.807) is 4.57 Å². The van der Waals surface area contributed by atoms with Gasteiger partial charge in [0.2, 0.25) is 41.4 Å². The van der Waals surface area contributed by atoms with Crippen molar-refractivity contribution in [1.82, 2.24) is 10.3 Å². The SMILES string of the molecule is C/C1=C2/[N-]C(/C=C3\[N-][C@@H](/C(C)=C4\[N-][C@H]([C@H](CC(N)=O)[C@@]4(C)CCC(=O)NC[C@@H](C)OP(=O)(O)O[C@H]4[C@@H](O)[C@@H]([n+]5c[n-]c6cc(C)c(C)cc65)O[C@@H]4CO)[C@]4(C)[N-]C1[C@@H](CCC(N)=O)[C@]4(C)CC(N)=O)[C@@H](CCC(N)=O)C3(C)C)[C@@H](CCC(N)=O)[C@]2(C)CC(N)=O.[C-]#N.[Co]. The molecule has 8 rings (SSSR count). The van der Waals surface area contributed by atoms with Crippen molar-refractivity contribution >= 4 is 60.2 Å². The second-order valence-electron chi connectivity index (χ2n) is 27.5. The van der Waals surface area contributed by atoms with Crippen molar-refractivity contribution in [2.45, 2.75) is 207 Å². The molecule has 93 heavy (non-hydrogen) atoms. The van der Waals surface area contributed by atoms with Gasteiger partial charge in [-0.3, -0.25) is 42.6 Å². The van der Waals surface area contributed by atoms with Crippen LogP contribution < -0.4 is 49.3 Å². The number of phosphoric acid groups is 1. The molecule has 3 unspecified atom stereocenters. The number of carbonyl (C=O) groups is 7. The molecule has 6 aliphatic rings. The molecule has 5 fully saturated rings. The smallest absolute Gasteiger partial charge is 0.472 e. The van der Waals surface area contributed by atoms with Crippen molar-refractivity contribution in [3.63, 3.8) is 0 Å². The molecule has 8 bridgehead atoms. The third kappa shape index (κ3) is 14.8. The molecule has 0 aliphatic carbocycles. The number of hydrogen-bond donors (Lipinski definition) is 10. The minimum Gasteiger partial charge on any atom is -0.685 e. The Kier molecular flexibility index (Phi) is 23.5. The Morgan fingerprint density at radius 3 is 1.88 bits per heavy atom. The van der Waals surface area contributed by atoms with Crippen LogP contribution in [0.15, 0.2) is 52.8 Å². The number of allylic oxidation sites excluding steroid dienone is 3. The van der Waals surface area contributed by atoms with E-state index in [0.29, 0.717) is 39.3 Å². The molecule has 1 aromatic heterocycles. The molecule has 1 radical (unpaired) electrons. The van der Waals surface area contributed by atoms with Gasteiger partial charge in [0, 0.05) is 68.3 Å². The molecule has 0 spiro atoms. The van der Waals surface area contributed by atoms with Gasteiger partial charge < -0.3 is 97.2 Å². The monoisotopic (exact) mass is 1360 g/mol. The van der Waals surface area contributed by atoms with E-state index in [1.807, 2.05) is 87.4 Å². The molecule has 2 aromatic rings. The summed E-state index contributed by atoms with van der Waals surface area (Å²) in [4.78, 5) is 109. The molecule has 7 heterocycles. The minimum atomic E-state index is -5.06. The van der Waals surface area contributed by atoms with E-state index in [-0.39, 0.29) is 94.0 Å². The number of ether oxygens (including phenoxy) is 1. The Bertz CT molecular complexity index is 3390. The van der Waals surface area contributed by atoms with Crippen molar-refractivity contribution in [3.8, 4) is 0 Å². The predicted octanol–water partition coefficient (Wildman–Crippen LogP) is 3.99. The van der Waals surface area contributed by atoms with Gasteiger partial charge in [0.15, 0.2) is 6.23 Å². The number of rotatable bonds is 26. The number of imidazole rings is 1. The number of primary amides is 6. The van der Waals surface area contributed by atoms with E-state index in [4.69, 9.17) is 81.3 Å². The fourth-order valence-corrected chi connectivity index (χ4v) is 17.3. The van der Waals surface area contributed by atoms with Crippen LogP contribution in [-0.4, -0.2) is 124 Å². The molecule has 7 amide bonds. The maximum atomic E-state index is 14.4. The number of benzene rings is 1. The van der Waals surface area contributed by atoms with E-state index in [0.717, 1.165) is 11.1 Å². The zero-order chi connectivity index (χ0) is 68.7. The quantitative estimate of drug-likeness (QED) is 0.0361. The van der Waals surface area contributed by atoms with Crippen LogP contribution >= 0.6 is 7.82 Å². The van der Waals surface area contributed by atoms with Crippen LogP contribution in [0.3, 0.4) is 0 Å². The van der Waals surface area contributed by atoms with Gasteiger partial charge >= 0.3 is 7.82 Å². The maximum absolute atomic E-state index is 14.4. The van der Waals surface area contributed by atoms with Gasteiger partial charge in [-0.2, -0.15) is 17.1 Å². The molecular formula is C63H92CoN14O14P-5. The Labute approximate surface area is 553 Å². The summed E-state index contributed by atoms with van der Waals surface area (Å²) in [5, 5.41) is 53.2. The number of aromatic nitrogens is 2. The standard InChI is InChI=1S/C62H92N13O14P.CN.Co/c1-29-20-39-40(21-30(29)2)75(28-70-39)57-52(84)53(41(27-76)87-57)89-90(85,86)88-31(3)26-69-49(83)18-19-59(8)37(22-46(66)80)56-62(11)61(10,25-48(68)82)36(14-17-45(65)79)51(74-62)33(5)55-60(9,24-47(67)81)34(12-15-43(63)77)38(71-55)23-42-58(6,7)35(13-16-44(64)78)50(72-42)32(4)54(59)73-56;1-2;/h20-21,23,28,31,34-38,41,50-53,56-57,76,84H,12-19,22,24-27H2,1-11H3,(H14,63,64,65,66,67,68,69,77,78,79,80,81,82,83,85,86);;/q-4;-1;/b42-23-,54-32-,55-33-;;/t31-,34-,35-,36-,37+,38?,41-,50+,51?,52-,53-,56-,57+,59-,60+,61+,62+;;/m1../s1. The van der Waals surface area contributed by atoms with Crippen molar-refractivity contribution in [1.29, 1.82) is 5.26 Å². The van der Waals surface area contributed by atoms with Gasteiger partial charge in [-0.15, -0.1) is 34.8 Å². The fraction of sp³-hybridized carbons (Fsp3) is 0.667. The molecule has 16 N–H and O–H groups in total. The Morgan fingerprint density at radius 1 is 0.753 bits per heavy atom. The summed E-state index contributed by atoms with van der Waals surface area (Å²) in [6.45, 7) is 24.2. The first kappa shape index (κ1) is 75.6. The summed E-state index contributed by atoms with van der Waals surface area (Å²) < 4.78 is 32.3. The molecule has 517 valence electrons. The number of nitrogens with zero attached hydrogens (tertiary/aromatic N) is 7. The Balaban J connectivity index is 0.00000453. The molecule has 1 aromatic carbocycles. The second-order valence-corrected chi connectivity index (χ2v) is 28.9. The van der Waals surface area contributed by atoms with Gasteiger partial charge in [-0.1, -0.05) is 53.6 Å². The maximum Gasteiger partial charge on any atom is 0.472 e. The van der Waals surface area contributed by atoms with Crippen molar-refractivity contribution in [3.05, 3.63) is 91.7 Å². The number of carbonyl (C=O) groups excluding carboxylic acids is 7. The number of aliphatic hydroxyl groups excluding tert-OH is 2. The van der Waals surface area contributed by atoms with Crippen LogP contribution in [-0.2, 0) is 68.7 Å². The van der Waals surface area contributed by atoms with Crippen molar-refractivity contribution in [2.75, 3.05) is 13.2 Å². The van der Waals surface area contributed by atoms with Gasteiger partial charge in [0.1, 0.15) is 18.3 Å². The van der Waals surface area contributed by atoms with E-state index in [2.05, 4.69) is 10.3 Å². The molecular weight excluding hydrogens is 1270 g/mol. The summed E-state index contributed by atoms with van der Waals surface area (Å²) in [6.07, 6.45) is -3.96. The Morgan fingerprint density at radius 2 is 1.31 bits per heavy atom. The van der Waals surface area contributed by atoms with Crippen LogP contribution in [0.4, 0.5) is 0 Å². The number of amides is 7. The van der Waals surface area contributed by atoms with E-state index in [9.17, 15) is 53.2 Å². The third-order valence-corrected chi connectivity index (χ3v) is 22.3. The normalized spacial score (nSPS) is 35.5. The fourth-order valence-electron chi connectivity index (χ4n) is 16.1.